The van der Waals surface area contributed by atoms with Crippen LogP contribution in [-0.4, -0.2) is 23.0 Å². The van der Waals surface area contributed by atoms with Crippen molar-refractivity contribution in [3.8, 4) is 0 Å². The van der Waals surface area contributed by atoms with Crippen LogP contribution in [0.1, 0.15) is 46.0 Å². The summed E-state index contributed by atoms with van der Waals surface area (Å²) in [5, 5.41) is 11.8. The van der Waals surface area contributed by atoms with Crippen LogP contribution in [-0.2, 0) is 9.59 Å². The molecular formula is C11H19NO3. The van der Waals surface area contributed by atoms with Gasteiger partial charge in [-0.3, -0.25) is 9.59 Å². The fraction of sp³-hybridized carbons (Fsp3) is 0.818. The second kappa shape index (κ2) is 4.64. The molecule has 0 aromatic heterocycles. The molecule has 0 saturated heterocycles. The van der Waals surface area contributed by atoms with Crippen LogP contribution in [0.5, 0.6) is 0 Å². The molecule has 1 aliphatic rings. The Labute approximate surface area is 90.0 Å². The molecule has 1 unspecified atom stereocenters. The van der Waals surface area contributed by atoms with Crippen LogP contribution >= 0.6 is 0 Å². The van der Waals surface area contributed by atoms with Gasteiger partial charge in [0.1, 0.15) is 5.41 Å². The zero-order chi connectivity index (χ0) is 11.5. The van der Waals surface area contributed by atoms with E-state index in [9.17, 15) is 9.59 Å². The molecule has 4 heteroatoms. The number of hydrogen-bond donors (Lipinski definition) is 2. The van der Waals surface area contributed by atoms with E-state index in [4.69, 9.17) is 5.11 Å². The van der Waals surface area contributed by atoms with Crippen LogP contribution in [0.15, 0.2) is 0 Å². The number of aliphatic carboxylic acids is 1. The fourth-order valence-corrected chi connectivity index (χ4v) is 1.71. The average Bonchev–Trinajstić information content (AvgIpc) is 2.97. The van der Waals surface area contributed by atoms with Crippen LogP contribution in [0.4, 0.5) is 0 Å². The molecule has 4 nitrogen and oxygen atoms in total. The summed E-state index contributed by atoms with van der Waals surface area (Å²) in [5.41, 5.74) is -1.10. The van der Waals surface area contributed by atoms with Gasteiger partial charge < -0.3 is 10.4 Å². The minimum Gasteiger partial charge on any atom is -0.480 e. The molecule has 0 heterocycles. The second-order valence-corrected chi connectivity index (χ2v) is 4.25. The molecule has 1 saturated carbocycles. The zero-order valence-electron chi connectivity index (χ0n) is 9.38. The highest BCUT2D eigenvalue weighted by Crippen LogP contribution is 2.46. The first-order valence-corrected chi connectivity index (χ1v) is 5.61. The first kappa shape index (κ1) is 12.0. The quantitative estimate of drug-likeness (QED) is 0.658. The van der Waals surface area contributed by atoms with Crippen LogP contribution in [0.2, 0.25) is 0 Å². The molecule has 1 aliphatic carbocycles. The molecule has 1 rings (SSSR count). The highest BCUT2D eigenvalue weighted by Gasteiger charge is 2.57. The lowest BCUT2D eigenvalue weighted by atomic mass is 10.0. The van der Waals surface area contributed by atoms with Crippen molar-refractivity contribution in [1.82, 2.24) is 5.32 Å². The van der Waals surface area contributed by atoms with E-state index in [-0.39, 0.29) is 11.9 Å². The normalized spacial score (nSPS) is 19.3. The number of nitrogens with one attached hydrogen (secondary N) is 1. The van der Waals surface area contributed by atoms with Gasteiger partial charge in [0.15, 0.2) is 0 Å². The lowest BCUT2D eigenvalue weighted by molar-refractivity contribution is -0.149. The largest absolute Gasteiger partial charge is 0.480 e. The third-order valence-electron chi connectivity index (χ3n) is 3.06. The summed E-state index contributed by atoms with van der Waals surface area (Å²) in [6, 6.07) is 0.124. The Balaban J connectivity index is 2.51. The number of hydrogen-bond acceptors (Lipinski definition) is 2. The summed E-state index contributed by atoms with van der Waals surface area (Å²) in [5.74, 6) is -1.28. The number of carbonyl (C=O) groups excluding carboxylic acids is 1. The van der Waals surface area contributed by atoms with Crippen molar-refractivity contribution in [2.75, 3.05) is 0 Å². The Kier molecular flexibility index (Phi) is 3.72. The van der Waals surface area contributed by atoms with Crippen molar-refractivity contribution in [3.05, 3.63) is 0 Å². The maximum atomic E-state index is 11.7. The Morgan fingerprint density at radius 2 is 2.00 bits per heavy atom. The van der Waals surface area contributed by atoms with Crippen molar-refractivity contribution >= 4 is 11.9 Å². The molecular weight excluding hydrogens is 194 g/mol. The minimum atomic E-state index is -1.10. The van der Waals surface area contributed by atoms with E-state index in [1.165, 1.54) is 0 Å². The standard InChI is InChI=1S/C11H19NO3/c1-3-5-8(4-2)12-9(13)11(6-7-11)10(14)15/h8H,3-7H2,1-2H3,(H,12,13)(H,14,15). The highest BCUT2D eigenvalue weighted by molar-refractivity contribution is 6.04. The van der Waals surface area contributed by atoms with Gasteiger partial charge in [-0.15, -0.1) is 0 Å². The van der Waals surface area contributed by atoms with Crippen molar-refractivity contribution < 1.29 is 14.7 Å². The van der Waals surface area contributed by atoms with Crippen LogP contribution in [0.3, 0.4) is 0 Å². The topological polar surface area (TPSA) is 66.4 Å². The van der Waals surface area contributed by atoms with Gasteiger partial charge in [-0.1, -0.05) is 20.3 Å². The van der Waals surface area contributed by atoms with Crippen LogP contribution in [0, 0.1) is 5.41 Å². The summed E-state index contributed by atoms with van der Waals surface area (Å²) in [7, 11) is 0. The predicted octanol–water partition coefficient (Wildman–Crippen LogP) is 1.55. The van der Waals surface area contributed by atoms with Gasteiger partial charge in [0.25, 0.3) is 0 Å². The van der Waals surface area contributed by atoms with Gasteiger partial charge in [-0.2, -0.15) is 0 Å². The highest BCUT2D eigenvalue weighted by atomic mass is 16.4. The minimum absolute atomic E-state index is 0.124. The zero-order valence-corrected chi connectivity index (χ0v) is 9.38. The summed E-state index contributed by atoms with van der Waals surface area (Å²) >= 11 is 0. The Bertz CT molecular complexity index is 259. The van der Waals surface area contributed by atoms with Crippen molar-refractivity contribution in [1.29, 1.82) is 0 Å². The van der Waals surface area contributed by atoms with Gasteiger partial charge in [-0.25, -0.2) is 0 Å². The van der Waals surface area contributed by atoms with Crippen LogP contribution in [0.25, 0.3) is 0 Å². The fourth-order valence-electron chi connectivity index (χ4n) is 1.71. The smallest absolute Gasteiger partial charge is 0.319 e. The van der Waals surface area contributed by atoms with E-state index >= 15 is 0 Å². The molecule has 2 N–H and O–H groups in total. The monoisotopic (exact) mass is 213 g/mol. The molecule has 1 atom stereocenters. The lowest BCUT2D eigenvalue weighted by Crippen LogP contribution is -2.42. The summed E-state index contributed by atoms with van der Waals surface area (Å²) in [6.07, 6.45) is 3.74. The number of amides is 1. The van der Waals surface area contributed by atoms with E-state index in [1.807, 2.05) is 6.92 Å². The van der Waals surface area contributed by atoms with E-state index in [0.717, 1.165) is 19.3 Å². The van der Waals surface area contributed by atoms with E-state index in [2.05, 4.69) is 12.2 Å². The molecule has 0 aromatic rings. The Morgan fingerprint density at radius 1 is 1.40 bits per heavy atom. The van der Waals surface area contributed by atoms with Crippen molar-refractivity contribution in [2.24, 2.45) is 5.41 Å². The molecule has 1 amide bonds. The second-order valence-electron chi connectivity index (χ2n) is 4.25. The van der Waals surface area contributed by atoms with Crippen molar-refractivity contribution in [2.45, 2.75) is 52.0 Å². The summed E-state index contributed by atoms with van der Waals surface area (Å²) in [6.45, 7) is 4.06. The first-order valence-electron chi connectivity index (χ1n) is 5.61. The van der Waals surface area contributed by atoms with Gasteiger partial charge >= 0.3 is 5.97 Å². The molecule has 15 heavy (non-hydrogen) atoms. The average molecular weight is 213 g/mol. The number of carboxylic acids is 1. The van der Waals surface area contributed by atoms with Gasteiger partial charge in [-0.05, 0) is 25.7 Å². The number of rotatable bonds is 6. The molecule has 0 radical (unpaired) electrons. The summed E-state index contributed by atoms with van der Waals surface area (Å²) in [4.78, 5) is 22.6. The molecule has 1 fully saturated rings. The summed E-state index contributed by atoms with van der Waals surface area (Å²) < 4.78 is 0. The molecule has 0 bridgehead atoms. The molecule has 86 valence electrons. The SMILES string of the molecule is CCCC(CC)NC(=O)C1(C(=O)O)CC1. The van der Waals surface area contributed by atoms with Crippen molar-refractivity contribution in [3.63, 3.8) is 0 Å². The van der Waals surface area contributed by atoms with Gasteiger partial charge in [0, 0.05) is 6.04 Å². The third kappa shape index (κ3) is 2.49. The van der Waals surface area contributed by atoms with E-state index < -0.39 is 11.4 Å². The van der Waals surface area contributed by atoms with E-state index in [0.29, 0.717) is 12.8 Å². The molecule has 0 aliphatic heterocycles. The Morgan fingerprint density at radius 3 is 2.33 bits per heavy atom. The number of carboxylic acid groups (broad SMARTS) is 1. The predicted molar refractivity (Wildman–Crippen MR) is 56.4 cm³/mol. The lowest BCUT2D eigenvalue weighted by Gasteiger charge is -2.18. The van der Waals surface area contributed by atoms with Crippen LogP contribution < -0.4 is 5.32 Å². The van der Waals surface area contributed by atoms with Gasteiger partial charge in [0.2, 0.25) is 5.91 Å². The number of carbonyl (C=O) groups is 2. The maximum Gasteiger partial charge on any atom is 0.319 e. The molecule has 0 spiro atoms. The third-order valence-corrected chi connectivity index (χ3v) is 3.06. The maximum absolute atomic E-state index is 11.7. The van der Waals surface area contributed by atoms with E-state index in [1.54, 1.807) is 0 Å². The Hall–Kier alpha value is -1.06. The van der Waals surface area contributed by atoms with Gasteiger partial charge in [0.05, 0.1) is 0 Å². The first-order chi connectivity index (χ1) is 7.06. The molecule has 0 aromatic carbocycles.